The summed E-state index contributed by atoms with van der Waals surface area (Å²) in [5.41, 5.74) is 0.687. The first-order chi connectivity index (χ1) is 16.9. The summed E-state index contributed by atoms with van der Waals surface area (Å²) in [4.78, 5) is 36.7. The summed E-state index contributed by atoms with van der Waals surface area (Å²) in [6.07, 6.45) is 8.52. The lowest BCUT2D eigenvalue weighted by Crippen LogP contribution is -2.24. The minimum absolute atomic E-state index is 0.0930. The van der Waals surface area contributed by atoms with E-state index >= 15 is 0 Å². The van der Waals surface area contributed by atoms with E-state index in [9.17, 15) is 14.4 Å². The highest BCUT2D eigenvalue weighted by Gasteiger charge is 2.18. The molecule has 6 nitrogen and oxygen atoms in total. The number of unbranched alkanes of at least 4 members (excludes halogenated alkanes) is 6. The van der Waals surface area contributed by atoms with E-state index in [4.69, 9.17) is 14.2 Å². The lowest BCUT2D eigenvalue weighted by molar-refractivity contribution is -0.127. The Labute approximate surface area is 209 Å². The van der Waals surface area contributed by atoms with Crippen molar-refractivity contribution in [2.45, 2.75) is 84.7 Å². The zero-order valence-electron chi connectivity index (χ0n) is 21.2. The first-order valence-corrected chi connectivity index (χ1v) is 12.7. The number of ether oxygens (including phenoxy) is 3. The number of ketones is 1. The molecule has 0 aliphatic heterocycles. The van der Waals surface area contributed by atoms with Gasteiger partial charge < -0.3 is 14.2 Å². The van der Waals surface area contributed by atoms with E-state index in [0.29, 0.717) is 24.3 Å². The monoisotopic (exact) mass is 482 g/mol. The van der Waals surface area contributed by atoms with Crippen molar-refractivity contribution in [3.05, 3.63) is 59.7 Å². The quantitative estimate of drug-likeness (QED) is 0.146. The van der Waals surface area contributed by atoms with Gasteiger partial charge in [0, 0.05) is 6.42 Å². The average molecular weight is 483 g/mol. The van der Waals surface area contributed by atoms with Crippen molar-refractivity contribution >= 4 is 17.7 Å². The fourth-order valence-corrected chi connectivity index (χ4v) is 3.43. The molecular weight excluding hydrogens is 444 g/mol. The maximum atomic E-state index is 12.4. The van der Waals surface area contributed by atoms with Crippen LogP contribution in [0, 0.1) is 0 Å². The number of carbonyl (C=O) groups is 3. The Kier molecular flexibility index (Phi) is 12.6. The zero-order chi connectivity index (χ0) is 25.5. The van der Waals surface area contributed by atoms with E-state index < -0.39 is 18.0 Å². The highest BCUT2D eigenvalue weighted by molar-refractivity contribution is 5.93. The largest absolute Gasteiger partial charge is 0.494 e. The summed E-state index contributed by atoms with van der Waals surface area (Å²) < 4.78 is 16.4. The lowest BCUT2D eigenvalue weighted by atomic mass is 10.1. The van der Waals surface area contributed by atoms with Crippen LogP contribution in [-0.2, 0) is 9.53 Å². The third kappa shape index (κ3) is 10.3. The molecule has 0 amide bonds. The summed E-state index contributed by atoms with van der Waals surface area (Å²) in [6.45, 7) is 6.45. The van der Waals surface area contributed by atoms with Gasteiger partial charge in [-0.3, -0.25) is 4.79 Å². The first-order valence-electron chi connectivity index (χ1n) is 12.7. The molecule has 0 radical (unpaired) electrons. The van der Waals surface area contributed by atoms with Crippen molar-refractivity contribution in [1.29, 1.82) is 0 Å². The lowest BCUT2D eigenvalue weighted by Gasteiger charge is -2.12. The molecule has 0 bridgehead atoms. The van der Waals surface area contributed by atoms with Crippen LogP contribution in [0.25, 0.3) is 0 Å². The van der Waals surface area contributed by atoms with E-state index in [2.05, 4.69) is 6.92 Å². The second kappa shape index (κ2) is 15.7. The van der Waals surface area contributed by atoms with Crippen molar-refractivity contribution in [2.75, 3.05) is 6.61 Å². The molecule has 0 aliphatic carbocycles. The van der Waals surface area contributed by atoms with E-state index in [1.165, 1.54) is 49.9 Å². The van der Waals surface area contributed by atoms with E-state index in [0.717, 1.165) is 31.4 Å². The maximum Gasteiger partial charge on any atom is 0.343 e. The van der Waals surface area contributed by atoms with Crippen LogP contribution in [0.3, 0.4) is 0 Å². The van der Waals surface area contributed by atoms with Gasteiger partial charge in [-0.2, -0.15) is 0 Å². The van der Waals surface area contributed by atoms with E-state index in [1.54, 1.807) is 31.2 Å². The van der Waals surface area contributed by atoms with Crippen LogP contribution >= 0.6 is 0 Å². The molecule has 2 aromatic rings. The zero-order valence-corrected chi connectivity index (χ0v) is 21.2. The SMILES string of the molecule is CCCCCCCCOc1ccc(C(=O)Oc2ccc(C(=O)OC(C)C(=O)CCCC)cc2)cc1. The van der Waals surface area contributed by atoms with Crippen molar-refractivity contribution in [1.82, 2.24) is 0 Å². The van der Waals surface area contributed by atoms with Gasteiger partial charge in [0.15, 0.2) is 11.9 Å². The first kappa shape index (κ1) is 28.1. The molecule has 2 aromatic carbocycles. The molecule has 0 fully saturated rings. The minimum atomic E-state index is -0.788. The second-order valence-corrected chi connectivity index (χ2v) is 8.67. The third-order valence-electron chi connectivity index (χ3n) is 5.67. The number of hydrogen-bond donors (Lipinski definition) is 0. The molecule has 0 saturated carbocycles. The Hall–Kier alpha value is -3.15. The molecule has 2 rings (SSSR count). The molecule has 190 valence electrons. The molecule has 0 saturated heterocycles. The Balaban J connectivity index is 1.78. The number of esters is 2. The molecule has 6 heteroatoms. The van der Waals surface area contributed by atoms with Crippen LogP contribution in [0.2, 0.25) is 0 Å². The fourth-order valence-electron chi connectivity index (χ4n) is 3.43. The minimum Gasteiger partial charge on any atom is -0.494 e. The average Bonchev–Trinajstić information content (AvgIpc) is 2.87. The summed E-state index contributed by atoms with van der Waals surface area (Å²) in [7, 11) is 0. The summed E-state index contributed by atoms with van der Waals surface area (Å²) >= 11 is 0. The molecule has 0 heterocycles. The van der Waals surface area contributed by atoms with Crippen molar-refractivity contribution in [2.24, 2.45) is 0 Å². The van der Waals surface area contributed by atoms with Crippen LogP contribution in [0.1, 0.15) is 99.3 Å². The predicted molar refractivity (Wildman–Crippen MR) is 136 cm³/mol. The van der Waals surface area contributed by atoms with E-state index in [1.807, 2.05) is 6.92 Å². The van der Waals surface area contributed by atoms with Crippen LogP contribution in [0.15, 0.2) is 48.5 Å². The molecule has 0 spiro atoms. The number of Topliss-reactive ketones (excluding diaryl/α,β-unsaturated/α-hetero) is 1. The predicted octanol–water partition coefficient (Wildman–Crippen LogP) is 6.95. The topological polar surface area (TPSA) is 78.9 Å². The van der Waals surface area contributed by atoms with Crippen LogP contribution < -0.4 is 9.47 Å². The number of hydrogen-bond acceptors (Lipinski definition) is 6. The summed E-state index contributed by atoms with van der Waals surface area (Å²) in [5.74, 6) is -0.151. The summed E-state index contributed by atoms with van der Waals surface area (Å²) in [6, 6.07) is 12.9. The van der Waals surface area contributed by atoms with Gasteiger partial charge >= 0.3 is 11.9 Å². The van der Waals surface area contributed by atoms with Crippen molar-refractivity contribution in [3.63, 3.8) is 0 Å². The molecular formula is C29H38O6. The van der Waals surface area contributed by atoms with Crippen molar-refractivity contribution < 1.29 is 28.6 Å². The molecule has 0 aliphatic rings. The van der Waals surface area contributed by atoms with Gasteiger partial charge in [0.05, 0.1) is 17.7 Å². The van der Waals surface area contributed by atoms with Crippen LogP contribution in [0.5, 0.6) is 11.5 Å². The summed E-state index contributed by atoms with van der Waals surface area (Å²) in [5, 5.41) is 0. The van der Waals surface area contributed by atoms with Gasteiger partial charge in [-0.1, -0.05) is 52.4 Å². The molecule has 1 unspecified atom stereocenters. The normalized spacial score (nSPS) is 11.5. The highest BCUT2D eigenvalue weighted by atomic mass is 16.5. The Morgan fingerprint density at radius 2 is 1.23 bits per heavy atom. The fraction of sp³-hybridized carbons (Fsp3) is 0.483. The standard InChI is InChI=1S/C29H38O6/c1-4-6-8-9-10-11-21-33-25-17-13-24(14-18-25)29(32)35-26-19-15-23(16-20-26)28(31)34-22(3)27(30)12-7-5-2/h13-20,22H,4-12,21H2,1-3H3. The second-order valence-electron chi connectivity index (χ2n) is 8.67. The molecule has 35 heavy (non-hydrogen) atoms. The maximum absolute atomic E-state index is 12.4. The van der Waals surface area contributed by atoms with Gasteiger partial charge in [0.1, 0.15) is 11.5 Å². The Morgan fingerprint density at radius 1 is 0.686 bits per heavy atom. The molecule has 1 atom stereocenters. The van der Waals surface area contributed by atoms with Crippen LogP contribution in [-0.4, -0.2) is 30.4 Å². The highest BCUT2D eigenvalue weighted by Crippen LogP contribution is 2.18. The Morgan fingerprint density at radius 3 is 1.86 bits per heavy atom. The molecule has 0 N–H and O–H groups in total. The van der Waals surface area contributed by atoms with Gasteiger partial charge in [0.25, 0.3) is 0 Å². The number of rotatable bonds is 16. The van der Waals surface area contributed by atoms with Gasteiger partial charge in [-0.25, -0.2) is 9.59 Å². The number of benzene rings is 2. The van der Waals surface area contributed by atoms with Crippen molar-refractivity contribution in [3.8, 4) is 11.5 Å². The molecule has 0 aromatic heterocycles. The smallest absolute Gasteiger partial charge is 0.343 e. The third-order valence-corrected chi connectivity index (χ3v) is 5.67. The number of carbonyl (C=O) groups excluding carboxylic acids is 3. The van der Waals surface area contributed by atoms with E-state index in [-0.39, 0.29) is 11.3 Å². The Bertz CT molecular complexity index is 917. The van der Waals surface area contributed by atoms with Gasteiger partial charge in [0.2, 0.25) is 0 Å². The van der Waals surface area contributed by atoms with Crippen LogP contribution in [0.4, 0.5) is 0 Å². The van der Waals surface area contributed by atoms with Gasteiger partial charge in [-0.05, 0) is 68.3 Å². The van der Waals surface area contributed by atoms with Gasteiger partial charge in [-0.15, -0.1) is 0 Å².